The summed E-state index contributed by atoms with van der Waals surface area (Å²) in [4.78, 5) is 37.9. The molecule has 1 heterocycles. The first kappa shape index (κ1) is 20.0. The molecule has 148 valence electrons. The lowest BCUT2D eigenvalue weighted by Crippen LogP contribution is -2.33. The third kappa shape index (κ3) is 4.07. The highest BCUT2D eigenvalue weighted by molar-refractivity contribution is 6.00. The summed E-state index contributed by atoms with van der Waals surface area (Å²) in [5.74, 6) is -0.268. The molecular weight excluding hydrogens is 356 g/mol. The smallest absolute Gasteiger partial charge is 0.263 e. The Labute approximate surface area is 164 Å². The van der Waals surface area contributed by atoms with Crippen LogP contribution in [0.4, 0.5) is 0 Å². The lowest BCUT2D eigenvalue weighted by atomic mass is 10.0. The van der Waals surface area contributed by atoms with Gasteiger partial charge in [-0.2, -0.15) is 0 Å². The third-order valence-electron chi connectivity index (χ3n) is 5.53. The van der Waals surface area contributed by atoms with E-state index in [0.29, 0.717) is 12.0 Å². The van der Waals surface area contributed by atoms with Gasteiger partial charge in [-0.1, -0.05) is 29.8 Å². The quantitative estimate of drug-likeness (QED) is 0.720. The number of Topliss-reactive ketones (excluding diaryl/α,β-unsaturated/α-hetero) is 1. The molecule has 1 fully saturated rings. The second kappa shape index (κ2) is 8.10. The Bertz CT molecular complexity index is 963. The number of carbonyl (C=O) groups is 2. The van der Waals surface area contributed by atoms with Crippen LogP contribution in [0.5, 0.6) is 0 Å². The summed E-state index contributed by atoms with van der Waals surface area (Å²) in [6.45, 7) is 3.94. The Morgan fingerprint density at radius 3 is 2.64 bits per heavy atom. The molecule has 2 aromatic rings. The number of aromatic nitrogens is 1. The van der Waals surface area contributed by atoms with Crippen LogP contribution in [-0.4, -0.2) is 35.0 Å². The van der Waals surface area contributed by atoms with Crippen molar-refractivity contribution in [3.63, 3.8) is 0 Å². The Morgan fingerprint density at radius 1 is 1.29 bits per heavy atom. The number of hydrogen-bond donors (Lipinski definition) is 2. The molecule has 1 aliphatic carbocycles. The molecule has 0 radical (unpaired) electrons. The molecule has 1 amide bonds. The second-order valence-corrected chi connectivity index (χ2v) is 7.59. The van der Waals surface area contributed by atoms with Crippen molar-refractivity contribution in [1.29, 1.82) is 0 Å². The number of amides is 1. The molecule has 0 spiro atoms. The minimum absolute atomic E-state index is 0.0395. The van der Waals surface area contributed by atoms with Gasteiger partial charge >= 0.3 is 0 Å². The summed E-state index contributed by atoms with van der Waals surface area (Å²) in [5.41, 5.74) is 1.88. The highest BCUT2D eigenvalue weighted by Crippen LogP contribution is 2.41. The third-order valence-corrected chi connectivity index (χ3v) is 5.53. The number of nitrogens with zero attached hydrogens (tertiary/aromatic N) is 1. The average Bonchev–Trinajstić information content (AvgIpc) is 3.45. The molecule has 3 atom stereocenters. The SMILES string of the molecule is CNC(=O)c1cc(C(=O)C[C@H]2C[C@@H]2CO)cn([C@@H](C)c2cccc(C)c2)c1=O. The summed E-state index contributed by atoms with van der Waals surface area (Å²) >= 11 is 0. The molecule has 0 aliphatic heterocycles. The van der Waals surface area contributed by atoms with Gasteiger partial charge in [0.05, 0.1) is 6.04 Å². The van der Waals surface area contributed by atoms with Crippen LogP contribution in [-0.2, 0) is 0 Å². The fraction of sp³-hybridized carbons (Fsp3) is 0.409. The molecule has 1 aromatic heterocycles. The maximum absolute atomic E-state index is 12.9. The van der Waals surface area contributed by atoms with Gasteiger partial charge in [0.1, 0.15) is 5.56 Å². The summed E-state index contributed by atoms with van der Waals surface area (Å²) in [5, 5.41) is 11.7. The monoisotopic (exact) mass is 382 g/mol. The molecule has 0 saturated heterocycles. The molecular formula is C22H26N2O4. The Hall–Kier alpha value is -2.73. The van der Waals surface area contributed by atoms with Crippen molar-refractivity contribution in [1.82, 2.24) is 9.88 Å². The molecule has 0 bridgehead atoms. The summed E-state index contributed by atoms with van der Waals surface area (Å²) in [6.07, 6.45) is 2.71. The standard InChI is InChI=1S/C22H26N2O4/c1-13-5-4-6-15(7-13)14(2)24-11-17(9-19(22(24)28)21(27)23-3)20(26)10-16-8-18(16)12-25/h4-7,9,11,14,16,18,25H,8,10,12H2,1-3H3,(H,23,27)/t14-,16+,18+/m0/s1. The zero-order valence-corrected chi connectivity index (χ0v) is 16.4. The number of ketones is 1. The number of benzene rings is 1. The zero-order chi connectivity index (χ0) is 20.4. The molecule has 6 heteroatoms. The first-order valence-corrected chi connectivity index (χ1v) is 9.54. The van der Waals surface area contributed by atoms with E-state index in [1.807, 2.05) is 38.1 Å². The fourth-order valence-electron chi connectivity index (χ4n) is 3.57. The first-order chi connectivity index (χ1) is 13.3. The van der Waals surface area contributed by atoms with Crippen molar-refractivity contribution in [3.8, 4) is 0 Å². The van der Waals surface area contributed by atoms with E-state index in [4.69, 9.17) is 0 Å². The number of aliphatic hydroxyl groups is 1. The molecule has 6 nitrogen and oxygen atoms in total. The number of carbonyl (C=O) groups excluding carboxylic acids is 2. The number of hydrogen-bond acceptors (Lipinski definition) is 4. The summed E-state index contributed by atoms with van der Waals surface area (Å²) < 4.78 is 1.46. The maximum atomic E-state index is 12.9. The molecule has 2 N–H and O–H groups in total. The van der Waals surface area contributed by atoms with Gasteiger partial charge in [-0.05, 0) is 43.7 Å². The van der Waals surface area contributed by atoms with Crippen molar-refractivity contribution in [2.24, 2.45) is 11.8 Å². The van der Waals surface area contributed by atoms with E-state index in [0.717, 1.165) is 17.5 Å². The van der Waals surface area contributed by atoms with Crippen LogP contribution in [0.1, 0.15) is 57.7 Å². The van der Waals surface area contributed by atoms with Crippen LogP contribution in [0.2, 0.25) is 0 Å². The van der Waals surface area contributed by atoms with Crippen LogP contribution in [0, 0.1) is 18.8 Å². The lowest BCUT2D eigenvalue weighted by molar-refractivity contribution is 0.0961. The van der Waals surface area contributed by atoms with Crippen LogP contribution in [0.3, 0.4) is 0 Å². The van der Waals surface area contributed by atoms with Crippen LogP contribution in [0.25, 0.3) is 0 Å². The molecule has 28 heavy (non-hydrogen) atoms. The van der Waals surface area contributed by atoms with E-state index in [2.05, 4.69) is 5.32 Å². The van der Waals surface area contributed by atoms with E-state index < -0.39 is 11.5 Å². The fourth-order valence-corrected chi connectivity index (χ4v) is 3.57. The molecule has 1 aliphatic rings. The van der Waals surface area contributed by atoms with Gasteiger partial charge in [0, 0.05) is 31.8 Å². The van der Waals surface area contributed by atoms with Gasteiger partial charge in [-0.15, -0.1) is 0 Å². The topological polar surface area (TPSA) is 88.4 Å². The van der Waals surface area contributed by atoms with Crippen LogP contribution < -0.4 is 10.9 Å². The van der Waals surface area contributed by atoms with E-state index >= 15 is 0 Å². The summed E-state index contributed by atoms with van der Waals surface area (Å²) in [6, 6.07) is 8.87. The predicted molar refractivity (Wildman–Crippen MR) is 107 cm³/mol. The minimum Gasteiger partial charge on any atom is -0.396 e. The highest BCUT2D eigenvalue weighted by atomic mass is 16.3. The van der Waals surface area contributed by atoms with Gasteiger partial charge in [-0.25, -0.2) is 0 Å². The van der Waals surface area contributed by atoms with E-state index in [-0.39, 0.29) is 35.8 Å². The van der Waals surface area contributed by atoms with Gasteiger partial charge in [0.25, 0.3) is 11.5 Å². The molecule has 3 rings (SSSR count). The Kier molecular flexibility index (Phi) is 5.79. The van der Waals surface area contributed by atoms with E-state index in [1.54, 1.807) is 6.20 Å². The van der Waals surface area contributed by atoms with Crippen LogP contribution >= 0.6 is 0 Å². The Balaban J connectivity index is 2.02. The highest BCUT2D eigenvalue weighted by Gasteiger charge is 2.38. The number of rotatable bonds is 7. The minimum atomic E-state index is -0.510. The lowest BCUT2D eigenvalue weighted by Gasteiger charge is -2.18. The predicted octanol–water partition coefficient (Wildman–Crippen LogP) is 2.33. The zero-order valence-electron chi connectivity index (χ0n) is 16.4. The average molecular weight is 382 g/mol. The van der Waals surface area contributed by atoms with Gasteiger partial charge in [0.15, 0.2) is 5.78 Å². The van der Waals surface area contributed by atoms with Crippen molar-refractivity contribution >= 4 is 11.7 Å². The van der Waals surface area contributed by atoms with Crippen molar-refractivity contribution in [2.75, 3.05) is 13.7 Å². The van der Waals surface area contributed by atoms with Gasteiger partial charge in [-0.3, -0.25) is 14.4 Å². The number of nitrogens with one attached hydrogen (secondary N) is 1. The largest absolute Gasteiger partial charge is 0.396 e. The van der Waals surface area contributed by atoms with Crippen LogP contribution in [0.15, 0.2) is 41.3 Å². The van der Waals surface area contributed by atoms with Gasteiger partial charge in [0.2, 0.25) is 0 Å². The molecule has 1 aromatic carbocycles. The maximum Gasteiger partial charge on any atom is 0.263 e. The molecule has 1 saturated carbocycles. The van der Waals surface area contributed by atoms with E-state index in [9.17, 15) is 19.5 Å². The van der Waals surface area contributed by atoms with Gasteiger partial charge < -0.3 is 15.0 Å². The first-order valence-electron chi connectivity index (χ1n) is 9.54. The number of pyridine rings is 1. The van der Waals surface area contributed by atoms with Crippen molar-refractivity contribution in [2.45, 2.75) is 32.7 Å². The number of aliphatic hydroxyl groups excluding tert-OH is 1. The summed E-state index contributed by atoms with van der Waals surface area (Å²) in [7, 11) is 1.46. The normalized spacial score (nSPS) is 19.1. The molecule has 0 unspecified atom stereocenters. The number of aryl methyl sites for hydroxylation is 1. The van der Waals surface area contributed by atoms with E-state index in [1.165, 1.54) is 17.7 Å². The van der Waals surface area contributed by atoms with Crippen molar-refractivity contribution < 1.29 is 14.7 Å². The second-order valence-electron chi connectivity index (χ2n) is 7.59. The Morgan fingerprint density at radius 2 is 2.04 bits per heavy atom. The van der Waals surface area contributed by atoms with Crippen molar-refractivity contribution in [3.05, 3.63) is 69.1 Å².